The monoisotopic (exact) mass is 304 g/mol. The number of halogens is 1. The molecule has 4 heteroatoms. The molecule has 0 aliphatic rings. The number of carbonyl (C=O) groups excluding carboxylic acids is 1. The number of aromatic nitrogens is 1. The Balaban J connectivity index is 2.08. The van der Waals surface area contributed by atoms with Crippen molar-refractivity contribution in [2.24, 2.45) is 0 Å². The summed E-state index contributed by atoms with van der Waals surface area (Å²) in [4.78, 5) is 17.6. The topological polar surface area (TPSA) is 36.1 Å². The summed E-state index contributed by atoms with van der Waals surface area (Å²) < 4.78 is 0. The summed E-state index contributed by atoms with van der Waals surface area (Å²) >= 11 is 6.03. The molecule has 0 radical (unpaired) electrons. The number of nitrogens with zero attached hydrogens (tertiary/aromatic N) is 1. The van der Waals surface area contributed by atoms with Gasteiger partial charge in [-0.05, 0) is 51.6 Å². The third-order valence-corrected chi connectivity index (χ3v) is 4.07. The Bertz CT molecular complexity index is 648. The lowest BCUT2D eigenvalue weighted by Crippen LogP contribution is -2.29. The van der Waals surface area contributed by atoms with Crippen LogP contribution in [-0.2, 0) is 0 Å². The summed E-state index contributed by atoms with van der Waals surface area (Å²) in [7, 11) is 1.96. The van der Waals surface area contributed by atoms with E-state index in [0.29, 0.717) is 6.54 Å². The van der Waals surface area contributed by atoms with Crippen LogP contribution in [-0.4, -0.2) is 29.3 Å². The molecule has 1 unspecified atom stereocenters. The highest BCUT2D eigenvalue weighted by Crippen LogP contribution is 2.22. The maximum absolute atomic E-state index is 12.4. The lowest BCUT2D eigenvalue weighted by Gasteiger charge is -2.24. The van der Waals surface area contributed by atoms with Crippen LogP contribution in [0.1, 0.15) is 40.3 Å². The quantitative estimate of drug-likeness (QED) is 0.842. The number of hydrogen-bond acceptors (Lipinski definition) is 2. The number of likely N-dealkylation sites (N-methyl/N-ethyl adjacent to an activating group) is 1. The average molecular weight is 305 g/mol. The molecule has 2 rings (SSSR count). The van der Waals surface area contributed by atoms with Gasteiger partial charge in [-0.15, -0.1) is 0 Å². The minimum atomic E-state index is 0.132. The maximum Gasteiger partial charge on any atom is 0.178 e. The van der Waals surface area contributed by atoms with Gasteiger partial charge in [0.2, 0.25) is 0 Å². The van der Waals surface area contributed by atoms with E-state index in [1.807, 2.05) is 56.1 Å². The van der Waals surface area contributed by atoms with Crippen LogP contribution in [0.5, 0.6) is 0 Å². The summed E-state index contributed by atoms with van der Waals surface area (Å²) in [6, 6.07) is 9.81. The summed E-state index contributed by atoms with van der Waals surface area (Å²) in [5.41, 5.74) is 3.83. The molecular formula is C17H21ClN2O. The summed E-state index contributed by atoms with van der Waals surface area (Å²) in [5.74, 6) is 0.133. The molecule has 0 amide bonds. The predicted octanol–water partition coefficient (Wildman–Crippen LogP) is 4.16. The highest BCUT2D eigenvalue weighted by atomic mass is 35.5. The number of benzene rings is 1. The van der Waals surface area contributed by atoms with Gasteiger partial charge in [-0.2, -0.15) is 0 Å². The zero-order valence-corrected chi connectivity index (χ0v) is 13.7. The summed E-state index contributed by atoms with van der Waals surface area (Å²) in [6.45, 7) is 6.35. The second-order valence-corrected chi connectivity index (χ2v) is 6.00. The van der Waals surface area contributed by atoms with E-state index < -0.39 is 0 Å². The second-order valence-electron chi connectivity index (χ2n) is 5.56. The number of Topliss-reactive ketones (excluding diaryl/α,β-unsaturated/α-hetero) is 1. The van der Waals surface area contributed by atoms with Gasteiger partial charge in [0.15, 0.2) is 5.78 Å². The fourth-order valence-corrected chi connectivity index (χ4v) is 2.68. The van der Waals surface area contributed by atoms with Crippen molar-refractivity contribution in [1.82, 2.24) is 9.88 Å². The summed E-state index contributed by atoms with van der Waals surface area (Å²) in [6.07, 6.45) is 0. The van der Waals surface area contributed by atoms with E-state index in [4.69, 9.17) is 11.6 Å². The zero-order chi connectivity index (χ0) is 15.6. The van der Waals surface area contributed by atoms with Crippen molar-refractivity contribution >= 4 is 17.4 Å². The van der Waals surface area contributed by atoms with Crippen LogP contribution in [0.15, 0.2) is 30.3 Å². The van der Waals surface area contributed by atoms with E-state index in [0.717, 1.165) is 27.5 Å². The maximum atomic E-state index is 12.4. The van der Waals surface area contributed by atoms with Crippen LogP contribution in [0.3, 0.4) is 0 Å². The van der Waals surface area contributed by atoms with Gasteiger partial charge in [0, 0.05) is 28.0 Å². The third-order valence-electron chi connectivity index (χ3n) is 3.84. The number of aromatic amines is 1. The molecule has 1 aromatic heterocycles. The molecule has 1 atom stereocenters. The molecule has 2 aromatic rings. The molecule has 0 fully saturated rings. The molecule has 112 valence electrons. The second kappa shape index (κ2) is 6.46. The third kappa shape index (κ3) is 3.74. The first kappa shape index (κ1) is 15.8. The van der Waals surface area contributed by atoms with Crippen LogP contribution in [0.4, 0.5) is 0 Å². The number of nitrogens with one attached hydrogen (secondary N) is 1. The van der Waals surface area contributed by atoms with E-state index in [9.17, 15) is 4.79 Å². The highest BCUT2D eigenvalue weighted by Gasteiger charge is 2.18. The molecule has 0 spiro atoms. The van der Waals surface area contributed by atoms with Gasteiger partial charge in [-0.25, -0.2) is 0 Å². The van der Waals surface area contributed by atoms with E-state index in [1.54, 1.807) is 0 Å². The Morgan fingerprint density at radius 2 is 2.05 bits per heavy atom. The smallest absolute Gasteiger partial charge is 0.178 e. The van der Waals surface area contributed by atoms with Crippen molar-refractivity contribution in [3.05, 3.63) is 57.9 Å². The SMILES string of the molecule is Cc1cc(C(=O)CN(C)C(C)c2cccc(Cl)c2)c(C)[nH]1. The molecule has 1 aromatic carbocycles. The number of rotatable bonds is 5. The minimum Gasteiger partial charge on any atom is -0.362 e. The first-order valence-corrected chi connectivity index (χ1v) is 7.41. The molecule has 1 heterocycles. The highest BCUT2D eigenvalue weighted by molar-refractivity contribution is 6.30. The lowest BCUT2D eigenvalue weighted by atomic mass is 10.1. The van der Waals surface area contributed by atoms with Gasteiger partial charge in [-0.1, -0.05) is 23.7 Å². The molecule has 0 saturated carbocycles. The van der Waals surface area contributed by atoms with Gasteiger partial charge < -0.3 is 4.98 Å². The van der Waals surface area contributed by atoms with Crippen LogP contribution < -0.4 is 0 Å². The largest absolute Gasteiger partial charge is 0.362 e. The Morgan fingerprint density at radius 3 is 2.62 bits per heavy atom. The van der Waals surface area contributed by atoms with Crippen LogP contribution >= 0.6 is 11.6 Å². The number of ketones is 1. The van der Waals surface area contributed by atoms with Crippen molar-refractivity contribution in [3.8, 4) is 0 Å². The average Bonchev–Trinajstić information content (AvgIpc) is 2.76. The van der Waals surface area contributed by atoms with E-state index in [2.05, 4.69) is 11.9 Å². The fraction of sp³-hybridized carbons (Fsp3) is 0.353. The van der Waals surface area contributed by atoms with E-state index in [-0.39, 0.29) is 11.8 Å². The van der Waals surface area contributed by atoms with Gasteiger partial charge in [-0.3, -0.25) is 9.69 Å². The van der Waals surface area contributed by atoms with Gasteiger partial charge in [0.25, 0.3) is 0 Å². The van der Waals surface area contributed by atoms with Crippen molar-refractivity contribution < 1.29 is 4.79 Å². The molecule has 0 aliphatic heterocycles. The number of aryl methyl sites for hydroxylation is 2. The Morgan fingerprint density at radius 1 is 1.33 bits per heavy atom. The molecule has 0 aliphatic carbocycles. The Labute approximate surface area is 130 Å². The van der Waals surface area contributed by atoms with Crippen LogP contribution in [0, 0.1) is 13.8 Å². The molecule has 1 N–H and O–H groups in total. The van der Waals surface area contributed by atoms with Gasteiger partial charge in [0.05, 0.1) is 6.54 Å². The Hall–Kier alpha value is -1.58. The fourth-order valence-electron chi connectivity index (χ4n) is 2.48. The summed E-state index contributed by atoms with van der Waals surface area (Å²) in [5, 5.41) is 0.719. The first-order chi connectivity index (χ1) is 9.88. The van der Waals surface area contributed by atoms with E-state index >= 15 is 0 Å². The zero-order valence-electron chi connectivity index (χ0n) is 12.9. The molecule has 0 bridgehead atoms. The van der Waals surface area contributed by atoms with Crippen molar-refractivity contribution in [3.63, 3.8) is 0 Å². The lowest BCUT2D eigenvalue weighted by molar-refractivity contribution is 0.0924. The predicted molar refractivity (Wildman–Crippen MR) is 87.1 cm³/mol. The van der Waals surface area contributed by atoms with Crippen molar-refractivity contribution in [2.45, 2.75) is 26.8 Å². The van der Waals surface area contributed by atoms with Crippen LogP contribution in [0.2, 0.25) is 5.02 Å². The number of carbonyl (C=O) groups is 1. The van der Waals surface area contributed by atoms with Gasteiger partial charge in [0.1, 0.15) is 0 Å². The molecular weight excluding hydrogens is 284 g/mol. The number of hydrogen-bond donors (Lipinski definition) is 1. The van der Waals surface area contributed by atoms with E-state index in [1.165, 1.54) is 0 Å². The molecule has 21 heavy (non-hydrogen) atoms. The van der Waals surface area contributed by atoms with Crippen LogP contribution in [0.25, 0.3) is 0 Å². The normalized spacial score (nSPS) is 12.7. The minimum absolute atomic E-state index is 0.132. The first-order valence-electron chi connectivity index (χ1n) is 7.03. The number of H-pyrrole nitrogens is 1. The Kier molecular flexibility index (Phi) is 4.86. The molecule has 3 nitrogen and oxygen atoms in total. The van der Waals surface area contributed by atoms with Crippen molar-refractivity contribution in [2.75, 3.05) is 13.6 Å². The molecule has 0 saturated heterocycles. The van der Waals surface area contributed by atoms with Gasteiger partial charge >= 0.3 is 0 Å². The van der Waals surface area contributed by atoms with Crippen molar-refractivity contribution in [1.29, 1.82) is 0 Å². The standard InChI is InChI=1S/C17H21ClN2O/c1-11-8-16(12(2)19-11)17(21)10-20(4)13(3)14-6-5-7-15(18)9-14/h5-9,13,19H,10H2,1-4H3.